The monoisotopic (exact) mass is 182 g/mol. The largest absolute Gasteiger partial charge is 0.384 e. The number of aromatic nitrogens is 2. The molecule has 0 atom stereocenters. The van der Waals surface area contributed by atoms with E-state index in [2.05, 4.69) is 15.3 Å². The smallest absolute Gasteiger partial charge is 0.158 e. The molecule has 1 aromatic rings. The Morgan fingerprint density at radius 1 is 1.54 bits per heavy atom. The zero-order valence-corrected chi connectivity index (χ0v) is 7.87. The fourth-order valence-electron chi connectivity index (χ4n) is 0.904. The number of ether oxygens (including phenoxy) is 1. The van der Waals surface area contributed by atoms with Gasteiger partial charge < -0.3 is 15.8 Å². The van der Waals surface area contributed by atoms with Crippen LogP contribution in [0.25, 0.3) is 0 Å². The topological polar surface area (TPSA) is 73.1 Å². The predicted octanol–water partition coefficient (Wildman–Crippen LogP) is 0.637. The quantitative estimate of drug-likeness (QED) is 0.714. The maximum absolute atomic E-state index is 5.56. The lowest BCUT2D eigenvalue weighted by molar-refractivity contribution is 0.128. The van der Waals surface area contributed by atoms with Gasteiger partial charge in [-0.3, -0.25) is 0 Å². The first kappa shape index (κ1) is 9.73. The van der Waals surface area contributed by atoms with Gasteiger partial charge in [0, 0.05) is 19.7 Å². The second-order valence-corrected chi connectivity index (χ2v) is 2.48. The average Bonchev–Trinajstić information content (AvgIpc) is 2.14. The van der Waals surface area contributed by atoms with Gasteiger partial charge in [0.25, 0.3) is 0 Å². The van der Waals surface area contributed by atoms with Crippen molar-refractivity contribution in [3.8, 4) is 0 Å². The molecule has 0 unspecified atom stereocenters. The molecule has 13 heavy (non-hydrogen) atoms. The van der Waals surface area contributed by atoms with Gasteiger partial charge in [-0.15, -0.1) is 0 Å². The molecule has 1 aromatic heterocycles. The molecule has 3 N–H and O–H groups in total. The van der Waals surface area contributed by atoms with Crippen LogP contribution < -0.4 is 11.1 Å². The van der Waals surface area contributed by atoms with Crippen molar-refractivity contribution < 1.29 is 4.74 Å². The van der Waals surface area contributed by atoms with E-state index in [-0.39, 0.29) is 0 Å². The van der Waals surface area contributed by atoms with E-state index in [1.807, 2.05) is 6.92 Å². The zero-order valence-electron chi connectivity index (χ0n) is 7.87. The van der Waals surface area contributed by atoms with Crippen molar-refractivity contribution in [3.05, 3.63) is 11.9 Å². The molecule has 0 aliphatic carbocycles. The molecule has 5 heteroatoms. The van der Waals surface area contributed by atoms with Crippen molar-refractivity contribution >= 4 is 11.6 Å². The summed E-state index contributed by atoms with van der Waals surface area (Å²) in [7, 11) is 1.78. The summed E-state index contributed by atoms with van der Waals surface area (Å²) < 4.78 is 5.17. The van der Waals surface area contributed by atoms with Crippen LogP contribution in [0.4, 0.5) is 11.6 Å². The fraction of sp³-hybridized carbons (Fsp3) is 0.500. The normalized spacial score (nSPS) is 10.0. The van der Waals surface area contributed by atoms with Gasteiger partial charge in [-0.25, -0.2) is 9.97 Å². The molecule has 5 nitrogen and oxygen atoms in total. The van der Waals surface area contributed by atoms with Gasteiger partial charge in [-0.2, -0.15) is 0 Å². The van der Waals surface area contributed by atoms with Gasteiger partial charge in [0.05, 0.1) is 0 Å². The Labute approximate surface area is 77.3 Å². The van der Waals surface area contributed by atoms with Gasteiger partial charge in [0.15, 0.2) is 5.82 Å². The average molecular weight is 182 g/mol. The highest BCUT2D eigenvalue weighted by Crippen LogP contribution is 2.07. The summed E-state index contributed by atoms with van der Waals surface area (Å²) in [6.45, 7) is 2.97. The third kappa shape index (κ3) is 2.87. The van der Waals surface area contributed by atoms with Crippen LogP contribution in [0.1, 0.15) is 12.7 Å². The summed E-state index contributed by atoms with van der Waals surface area (Å²) >= 11 is 0. The van der Waals surface area contributed by atoms with Crippen LogP contribution in [0.2, 0.25) is 0 Å². The molecule has 0 aliphatic rings. The highest BCUT2D eigenvalue weighted by molar-refractivity contribution is 5.43. The van der Waals surface area contributed by atoms with Crippen molar-refractivity contribution in [1.82, 2.24) is 9.97 Å². The van der Waals surface area contributed by atoms with Crippen LogP contribution >= 0.6 is 0 Å². The first-order valence-corrected chi connectivity index (χ1v) is 4.15. The number of nitrogens with zero attached hydrogens (tertiary/aromatic N) is 2. The Morgan fingerprint density at radius 3 is 2.92 bits per heavy atom. The molecule has 1 rings (SSSR count). The van der Waals surface area contributed by atoms with Crippen molar-refractivity contribution in [2.75, 3.05) is 24.7 Å². The number of hydrogen-bond donors (Lipinski definition) is 2. The maximum atomic E-state index is 5.56. The van der Waals surface area contributed by atoms with Gasteiger partial charge in [0.1, 0.15) is 18.2 Å². The third-order valence-electron chi connectivity index (χ3n) is 1.48. The Bertz CT molecular complexity index is 277. The lowest BCUT2D eigenvalue weighted by atomic mass is 10.5. The lowest BCUT2D eigenvalue weighted by Crippen LogP contribution is -2.05. The molecule has 0 spiro atoms. The van der Waals surface area contributed by atoms with Crippen LogP contribution in [0.5, 0.6) is 0 Å². The first-order valence-electron chi connectivity index (χ1n) is 4.15. The maximum Gasteiger partial charge on any atom is 0.158 e. The molecule has 1 heterocycles. The summed E-state index contributed by atoms with van der Waals surface area (Å²) in [4.78, 5) is 8.18. The minimum atomic E-state index is 0.399. The molecule has 0 aliphatic heterocycles. The molecule has 0 saturated carbocycles. The SMILES string of the molecule is CCOCc1nc(N)cc(NC)n1. The third-order valence-corrected chi connectivity index (χ3v) is 1.48. The summed E-state index contributed by atoms with van der Waals surface area (Å²) in [5.41, 5.74) is 5.56. The number of rotatable bonds is 4. The second-order valence-electron chi connectivity index (χ2n) is 2.48. The van der Waals surface area contributed by atoms with Gasteiger partial charge in [-0.05, 0) is 6.92 Å². The van der Waals surface area contributed by atoms with E-state index in [4.69, 9.17) is 10.5 Å². The summed E-state index contributed by atoms with van der Waals surface area (Å²) in [6, 6.07) is 1.68. The summed E-state index contributed by atoms with van der Waals surface area (Å²) in [5.74, 6) is 1.77. The van der Waals surface area contributed by atoms with E-state index < -0.39 is 0 Å². The van der Waals surface area contributed by atoms with E-state index in [0.717, 1.165) is 0 Å². The molecule has 0 radical (unpaired) electrons. The molecular weight excluding hydrogens is 168 g/mol. The van der Waals surface area contributed by atoms with Crippen molar-refractivity contribution in [2.45, 2.75) is 13.5 Å². The minimum Gasteiger partial charge on any atom is -0.384 e. The molecule has 0 fully saturated rings. The Hall–Kier alpha value is -1.36. The number of nitrogens with two attached hydrogens (primary N) is 1. The van der Waals surface area contributed by atoms with E-state index in [1.165, 1.54) is 0 Å². The standard InChI is InChI=1S/C8H14N4O/c1-3-13-5-8-11-6(9)4-7(10-2)12-8/h4H,3,5H2,1-2H3,(H3,9,10,11,12). The van der Waals surface area contributed by atoms with Gasteiger partial charge in [-0.1, -0.05) is 0 Å². The van der Waals surface area contributed by atoms with Gasteiger partial charge >= 0.3 is 0 Å². The summed E-state index contributed by atoms with van der Waals surface area (Å²) in [6.07, 6.45) is 0. The molecule has 0 amide bonds. The van der Waals surface area contributed by atoms with E-state index in [0.29, 0.717) is 30.7 Å². The molecule has 72 valence electrons. The van der Waals surface area contributed by atoms with E-state index in [1.54, 1.807) is 13.1 Å². The van der Waals surface area contributed by atoms with Gasteiger partial charge in [0.2, 0.25) is 0 Å². The number of hydrogen-bond acceptors (Lipinski definition) is 5. The second kappa shape index (κ2) is 4.61. The molecule has 0 aromatic carbocycles. The number of anilines is 2. The Balaban J connectivity index is 2.76. The number of nitrogen functional groups attached to an aromatic ring is 1. The van der Waals surface area contributed by atoms with Crippen LogP contribution in [0.15, 0.2) is 6.07 Å². The van der Waals surface area contributed by atoms with Crippen molar-refractivity contribution in [2.24, 2.45) is 0 Å². The first-order chi connectivity index (χ1) is 6.26. The lowest BCUT2D eigenvalue weighted by Gasteiger charge is -2.04. The molecular formula is C8H14N4O. The van der Waals surface area contributed by atoms with Crippen LogP contribution in [0, 0.1) is 0 Å². The highest BCUT2D eigenvalue weighted by atomic mass is 16.5. The zero-order chi connectivity index (χ0) is 9.68. The fourth-order valence-corrected chi connectivity index (χ4v) is 0.904. The number of nitrogens with one attached hydrogen (secondary N) is 1. The van der Waals surface area contributed by atoms with Crippen LogP contribution in [-0.4, -0.2) is 23.6 Å². The van der Waals surface area contributed by atoms with E-state index in [9.17, 15) is 0 Å². The van der Waals surface area contributed by atoms with Crippen LogP contribution in [0.3, 0.4) is 0 Å². The van der Waals surface area contributed by atoms with Crippen molar-refractivity contribution in [3.63, 3.8) is 0 Å². The Kier molecular flexibility index (Phi) is 3.45. The Morgan fingerprint density at radius 2 is 2.31 bits per heavy atom. The van der Waals surface area contributed by atoms with Crippen molar-refractivity contribution in [1.29, 1.82) is 0 Å². The van der Waals surface area contributed by atoms with E-state index >= 15 is 0 Å². The predicted molar refractivity (Wildman–Crippen MR) is 51.3 cm³/mol. The van der Waals surface area contributed by atoms with Crippen LogP contribution in [-0.2, 0) is 11.3 Å². The summed E-state index contributed by atoms with van der Waals surface area (Å²) in [5, 5.41) is 2.90. The molecule has 0 bridgehead atoms. The molecule has 0 saturated heterocycles. The minimum absolute atomic E-state index is 0.399. The highest BCUT2D eigenvalue weighted by Gasteiger charge is 2.00.